The van der Waals surface area contributed by atoms with Crippen LogP contribution in [0.4, 0.5) is 13.6 Å². The number of amides is 1. The molecule has 11 heteroatoms. The molecule has 7 nitrogen and oxygen atoms in total. The highest BCUT2D eigenvalue weighted by atomic mass is 35.5. The number of likely N-dealkylation sites (tertiary alicyclic amines) is 1. The zero-order chi connectivity index (χ0) is 36.4. The van der Waals surface area contributed by atoms with Crippen LogP contribution in [0.1, 0.15) is 55.4 Å². The maximum absolute atomic E-state index is 14.9. The van der Waals surface area contributed by atoms with Gasteiger partial charge in [-0.25, -0.2) is 13.6 Å². The number of halogens is 4. The summed E-state index contributed by atoms with van der Waals surface area (Å²) < 4.78 is 60.1. The van der Waals surface area contributed by atoms with Gasteiger partial charge < -0.3 is 28.6 Å². The Hall–Kier alpha value is -3.73. The number of piperidine rings is 1. The maximum Gasteiger partial charge on any atom is 0.410 e. The SMILES string of the molecule is CC(C)(C)OC(=O)N1CC(OCc2cccc(Cl)c2F)C(c2ccc(OCCCOCc3ccccc3)cc2)C(OCc2cccc(Cl)c2F)C1. The Morgan fingerprint density at radius 3 is 1.86 bits per heavy atom. The van der Waals surface area contributed by atoms with Crippen molar-refractivity contribution in [2.45, 2.75) is 70.7 Å². The van der Waals surface area contributed by atoms with E-state index in [0.29, 0.717) is 32.0 Å². The van der Waals surface area contributed by atoms with E-state index in [1.165, 1.54) is 17.0 Å². The first-order valence-electron chi connectivity index (χ1n) is 16.9. The number of carbonyl (C=O) groups is 1. The number of benzene rings is 4. The normalized spacial score (nSPS) is 17.7. The molecular weight excluding hydrogens is 699 g/mol. The summed E-state index contributed by atoms with van der Waals surface area (Å²) in [4.78, 5) is 14.9. The second kappa shape index (κ2) is 18.2. The molecule has 0 aliphatic carbocycles. The fourth-order valence-electron chi connectivity index (χ4n) is 5.81. The van der Waals surface area contributed by atoms with Gasteiger partial charge in [-0.15, -0.1) is 0 Å². The molecule has 1 aliphatic rings. The van der Waals surface area contributed by atoms with E-state index in [4.69, 9.17) is 46.9 Å². The van der Waals surface area contributed by atoms with E-state index >= 15 is 0 Å². The number of hydrogen-bond donors (Lipinski definition) is 0. The van der Waals surface area contributed by atoms with E-state index in [9.17, 15) is 13.6 Å². The average Bonchev–Trinajstić information content (AvgIpc) is 3.11. The minimum atomic E-state index is -0.752. The molecule has 0 saturated carbocycles. The molecule has 1 amide bonds. The van der Waals surface area contributed by atoms with Gasteiger partial charge in [-0.1, -0.05) is 89.9 Å². The predicted molar refractivity (Wildman–Crippen MR) is 193 cm³/mol. The van der Waals surface area contributed by atoms with Gasteiger partial charge in [0, 0.05) is 23.5 Å². The van der Waals surface area contributed by atoms with Crippen LogP contribution in [0.3, 0.4) is 0 Å². The smallest absolute Gasteiger partial charge is 0.410 e. The van der Waals surface area contributed by atoms with Crippen molar-refractivity contribution in [3.63, 3.8) is 0 Å². The third-order valence-electron chi connectivity index (χ3n) is 8.30. The second-order valence-electron chi connectivity index (χ2n) is 13.3. The molecule has 0 aromatic heterocycles. The number of hydrogen-bond acceptors (Lipinski definition) is 6. The molecule has 2 unspecified atom stereocenters. The number of carbonyl (C=O) groups excluding carboxylic acids is 1. The van der Waals surface area contributed by atoms with Gasteiger partial charge in [-0.05, 0) is 56.2 Å². The van der Waals surface area contributed by atoms with Crippen LogP contribution in [0.15, 0.2) is 91.0 Å². The quantitative estimate of drug-likeness (QED) is 0.120. The van der Waals surface area contributed by atoms with E-state index in [1.807, 2.05) is 54.6 Å². The Morgan fingerprint density at radius 1 is 0.745 bits per heavy atom. The van der Waals surface area contributed by atoms with Crippen LogP contribution in [0, 0.1) is 11.6 Å². The van der Waals surface area contributed by atoms with Crippen LogP contribution in [0.2, 0.25) is 10.0 Å². The van der Waals surface area contributed by atoms with Crippen molar-refractivity contribution < 1.29 is 37.3 Å². The van der Waals surface area contributed by atoms with Crippen molar-refractivity contribution in [3.8, 4) is 5.75 Å². The van der Waals surface area contributed by atoms with Crippen molar-refractivity contribution in [1.82, 2.24) is 4.90 Å². The Labute approximate surface area is 308 Å². The van der Waals surface area contributed by atoms with Crippen LogP contribution in [0.5, 0.6) is 5.75 Å². The van der Waals surface area contributed by atoms with Crippen molar-refractivity contribution in [3.05, 3.63) is 135 Å². The van der Waals surface area contributed by atoms with Crippen molar-refractivity contribution >= 4 is 29.3 Å². The van der Waals surface area contributed by atoms with Crippen molar-refractivity contribution in [1.29, 1.82) is 0 Å². The molecule has 0 spiro atoms. The van der Waals surface area contributed by atoms with E-state index in [0.717, 1.165) is 11.1 Å². The highest BCUT2D eigenvalue weighted by molar-refractivity contribution is 6.31. The Bertz CT molecular complexity index is 1660. The first-order chi connectivity index (χ1) is 24.5. The highest BCUT2D eigenvalue weighted by Gasteiger charge is 2.42. The molecule has 272 valence electrons. The van der Waals surface area contributed by atoms with Crippen LogP contribution in [-0.4, -0.2) is 55.1 Å². The lowest BCUT2D eigenvalue weighted by Gasteiger charge is -2.43. The van der Waals surface area contributed by atoms with E-state index in [1.54, 1.807) is 45.0 Å². The first kappa shape index (κ1) is 38.5. The number of rotatable bonds is 14. The molecule has 1 heterocycles. The summed E-state index contributed by atoms with van der Waals surface area (Å²) in [6.45, 7) is 6.96. The van der Waals surface area contributed by atoms with Gasteiger partial charge >= 0.3 is 6.09 Å². The molecule has 51 heavy (non-hydrogen) atoms. The molecule has 1 fully saturated rings. The minimum absolute atomic E-state index is 0.0187. The molecule has 0 N–H and O–H groups in total. The largest absolute Gasteiger partial charge is 0.494 e. The Balaban J connectivity index is 1.34. The van der Waals surface area contributed by atoms with Crippen molar-refractivity contribution in [2.75, 3.05) is 26.3 Å². The van der Waals surface area contributed by atoms with E-state index in [2.05, 4.69) is 0 Å². The third-order valence-corrected chi connectivity index (χ3v) is 8.88. The molecule has 5 rings (SSSR count). The Morgan fingerprint density at radius 2 is 1.31 bits per heavy atom. The third kappa shape index (κ3) is 11.1. The van der Waals surface area contributed by atoms with Gasteiger partial charge in [0.25, 0.3) is 0 Å². The van der Waals surface area contributed by atoms with Gasteiger partial charge in [-0.2, -0.15) is 0 Å². The average molecular weight is 743 g/mol. The molecule has 2 atom stereocenters. The molecule has 0 bridgehead atoms. The first-order valence-corrected chi connectivity index (χ1v) is 17.7. The molecular formula is C40H43Cl2F2NO6. The predicted octanol–water partition coefficient (Wildman–Crippen LogP) is 9.76. The van der Waals surface area contributed by atoms with Crippen LogP contribution in [0.25, 0.3) is 0 Å². The maximum atomic E-state index is 14.9. The summed E-state index contributed by atoms with van der Waals surface area (Å²) in [6, 6.07) is 27.0. The number of ether oxygens (including phenoxy) is 5. The highest BCUT2D eigenvalue weighted by Crippen LogP contribution is 2.36. The van der Waals surface area contributed by atoms with Gasteiger partial charge in [0.1, 0.15) is 23.0 Å². The lowest BCUT2D eigenvalue weighted by atomic mass is 9.84. The van der Waals surface area contributed by atoms with Gasteiger partial charge in [0.2, 0.25) is 0 Å². The molecule has 4 aromatic carbocycles. The second-order valence-corrected chi connectivity index (χ2v) is 14.2. The molecule has 1 saturated heterocycles. The summed E-state index contributed by atoms with van der Waals surface area (Å²) in [6.07, 6.45) is -1.19. The van der Waals surface area contributed by atoms with Crippen molar-refractivity contribution in [2.24, 2.45) is 0 Å². The standard InChI is InChI=1S/C40H43Cl2F2NO6/c1-40(2,3)51-39(46)45-22-34(49-25-29-12-7-14-32(41)37(29)43)36(35(23-45)50-26-30-13-8-15-33(42)38(30)44)28-16-18-31(19-17-28)48-21-9-20-47-24-27-10-5-4-6-11-27/h4-8,10-19,34-36H,9,20-26H2,1-3H3. The fourth-order valence-corrected chi connectivity index (χ4v) is 6.20. The van der Waals surface area contributed by atoms with Gasteiger partial charge in [0.05, 0.1) is 68.4 Å². The van der Waals surface area contributed by atoms with Gasteiger partial charge in [-0.3, -0.25) is 0 Å². The fraction of sp³-hybridized carbons (Fsp3) is 0.375. The van der Waals surface area contributed by atoms with Crippen LogP contribution >= 0.6 is 23.2 Å². The summed E-state index contributed by atoms with van der Waals surface area (Å²) in [5, 5.41) is -0.0374. The monoisotopic (exact) mass is 741 g/mol. The van der Waals surface area contributed by atoms with Gasteiger partial charge in [0.15, 0.2) is 0 Å². The molecule has 1 aliphatic heterocycles. The molecule has 4 aromatic rings. The lowest BCUT2D eigenvalue weighted by molar-refractivity contribution is -0.101. The van der Waals surface area contributed by atoms with Crippen LogP contribution in [-0.2, 0) is 38.8 Å². The topological polar surface area (TPSA) is 66.5 Å². The van der Waals surface area contributed by atoms with E-state index in [-0.39, 0.29) is 47.5 Å². The summed E-state index contributed by atoms with van der Waals surface area (Å²) >= 11 is 12.1. The number of nitrogens with zero attached hydrogens (tertiary/aromatic N) is 1. The summed E-state index contributed by atoms with van der Waals surface area (Å²) in [7, 11) is 0. The summed E-state index contributed by atoms with van der Waals surface area (Å²) in [5.41, 5.74) is 1.74. The zero-order valence-electron chi connectivity index (χ0n) is 29.0. The molecule has 0 radical (unpaired) electrons. The van der Waals surface area contributed by atoms with Crippen LogP contribution < -0.4 is 4.74 Å². The van der Waals surface area contributed by atoms with E-state index < -0.39 is 41.5 Å². The Kier molecular flexibility index (Phi) is 13.7. The minimum Gasteiger partial charge on any atom is -0.494 e. The zero-order valence-corrected chi connectivity index (χ0v) is 30.5. The summed E-state index contributed by atoms with van der Waals surface area (Å²) in [5.74, 6) is -0.933. The lowest BCUT2D eigenvalue weighted by Crippen LogP contribution is -2.55.